The molecule has 0 atom stereocenters. The monoisotopic (exact) mass is 436 g/mol. The number of nitrogens with zero attached hydrogens (tertiary/aromatic N) is 2. The van der Waals surface area contributed by atoms with Crippen molar-refractivity contribution in [2.45, 2.75) is 0 Å². The fraction of sp³-hybridized carbons (Fsp3) is 0.0588. The Hall–Kier alpha value is -1.86. The molecule has 2 aromatic carbocycles. The van der Waals surface area contributed by atoms with Gasteiger partial charge >= 0.3 is 0 Å². The van der Waals surface area contributed by atoms with Gasteiger partial charge in [0.1, 0.15) is 9.09 Å². The Kier molecular flexibility index (Phi) is 3.42. The van der Waals surface area contributed by atoms with Gasteiger partial charge in [-0.25, -0.2) is 4.98 Å². The predicted molar refractivity (Wildman–Crippen MR) is 99.9 cm³/mol. The number of imidazole rings is 1. The van der Waals surface area contributed by atoms with Crippen molar-refractivity contribution in [1.82, 2.24) is 9.55 Å². The summed E-state index contributed by atoms with van der Waals surface area (Å²) in [7, 11) is 1.86. The average molecular weight is 437 g/mol. The Morgan fingerprint density at radius 2 is 2.00 bits per heavy atom. The minimum atomic E-state index is -0.0971. The molecule has 0 aliphatic heterocycles. The van der Waals surface area contributed by atoms with Crippen molar-refractivity contribution in [2.24, 2.45) is 7.05 Å². The largest absolute Gasteiger partial charge is 0.452 e. The van der Waals surface area contributed by atoms with Crippen molar-refractivity contribution in [3.63, 3.8) is 0 Å². The first kappa shape index (κ1) is 14.7. The lowest BCUT2D eigenvalue weighted by molar-refractivity contribution is 0.618. The molecule has 0 saturated heterocycles. The SMILES string of the molecule is Cn1cnc2c3oc(-c4ccccc4)c(I)c(=O)c3cc(Cl)c21. The van der Waals surface area contributed by atoms with E-state index in [2.05, 4.69) is 4.98 Å². The number of fused-ring (bicyclic) bond motifs is 3. The highest BCUT2D eigenvalue weighted by Gasteiger charge is 2.19. The molecule has 0 fully saturated rings. The van der Waals surface area contributed by atoms with E-state index in [0.29, 0.717) is 30.8 Å². The van der Waals surface area contributed by atoms with Crippen molar-refractivity contribution in [2.75, 3.05) is 0 Å². The van der Waals surface area contributed by atoms with Crippen molar-refractivity contribution >= 4 is 56.2 Å². The second kappa shape index (κ2) is 5.35. The molecule has 0 spiro atoms. The molecule has 4 nitrogen and oxygen atoms in total. The molecular weight excluding hydrogens is 427 g/mol. The first-order chi connectivity index (χ1) is 11.1. The fourth-order valence-electron chi connectivity index (χ4n) is 2.68. The summed E-state index contributed by atoms with van der Waals surface area (Å²) in [5.74, 6) is 0.554. The standard InChI is InChI=1S/C17H10ClIN2O2/c1-21-8-20-13-14(21)11(18)7-10-15(22)12(19)16(23-17(10)13)9-5-3-2-4-6-9/h2-8H,1H3. The fourth-order valence-corrected chi connectivity index (χ4v) is 3.73. The summed E-state index contributed by atoms with van der Waals surface area (Å²) in [6, 6.07) is 11.2. The van der Waals surface area contributed by atoms with E-state index in [9.17, 15) is 4.79 Å². The zero-order chi connectivity index (χ0) is 16.1. The number of halogens is 2. The Morgan fingerprint density at radius 3 is 2.74 bits per heavy atom. The van der Waals surface area contributed by atoms with Gasteiger partial charge in [0.05, 0.1) is 22.3 Å². The molecular formula is C17H10ClIN2O2. The van der Waals surface area contributed by atoms with E-state index >= 15 is 0 Å². The van der Waals surface area contributed by atoms with Crippen molar-refractivity contribution in [1.29, 1.82) is 0 Å². The van der Waals surface area contributed by atoms with Gasteiger partial charge in [0.15, 0.2) is 11.3 Å². The molecule has 4 rings (SSSR count). The molecule has 0 N–H and O–H groups in total. The van der Waals surface area contributed by atoms with E-state index in [0.717, 1.165) is 11.1 Å². The van der Waals surface area contributed by atoms with Gasteiger partial charge in [0.25, 0.3) is 0 Å². The van der Waals surface area contributed by atoms with Crippen LogP contribution in [0, 0.1) is 3.57 Å². The molecule has 0 aliphatic rings. The number of aryl methyl sites for hydroxylation is 1. The number of aromatic nitrogens is 2. The van der Waals surface area contributed by atoms with E-state index < -0.39 is 0 Å². The van der Waals surface area contributed by atoms with Crippen LogP contribution in [0.1, 0.15) is 0 Å². The van der Waals surface area contributed by atoms with Crippen LogP contribution in [0.2, 0.25) is 5.02 Å². The summed E-state index contributed by atoms with van der Waals surface area (Å²) in [5, 5.41) is 0.938. The zero-order valence-corrected chi connectivity index (χ0v) is 14.9. The molecule has 23 heavy (non-hydrogen) atoms. The average Bonchev–Trinajstić information content (AvgIpc) is 2.95. The molecule has 6 heteroatoms. The molecule has 2 aromatic heterocycles. The van der Waals surface area contributed by atoms with Gasteiger partial charge < -0.3 is 8.98 Å². The van der Waals surface area contributed by atoms with Crippen LogP contribution in [0.15, 0.2) is 51.9 Å². The Morgan fingerprint density at radius 1 is 1.26 bits per heavy atom. The molecule has 4 aromatic rings. The number of rotatable bonds is 1. The third-order valence-electron chi connectivity index (χ3n) is 3.78. The van der Waals surface area contributed by atoms with Crippen molar-refractivity contribution in [3.8, 4) is 11.3 Å². The molecule has 0 bridgehead atoms. The van der Waals surface area contributed by atoms with Gasteiger partial charge in [-0.3, -0.25) is 4.79 Å². The highest BCUT2D eigenvalue weighted by molar-refractivity contribution is 14.1. The van der Waals surface area contributed by atoms with E-state index in [1.165, 1.54) is 0 Å². The maximum atomic E-state index is 12.8. The lowest BCUT2D eigenvalue weighted by Gasteiger charge is -2.07. The molecule has 0 unspecified atom stereocenters. The maximum Gasteiger partial charge on any atom is 0.206 e. The Bertz CT molecular complexity index is 1120. The third kappa shape index (κ3) is 2.18. The molecule has 0 aliphatic carbocycles. The van der Waals surface area contributed by atoms with E-state index in [4.69, 9.17) is 16.0 Å². The van der Waals surface area contributed by atoms with Gasteiger partial charge in [-0.2, -0.15) is 0 Å². The van der Waals surface area contributed by atoms with Crippen LogP contribution in [-0.4, -0.2) is 9.55 Å². The summed E-state index contributed by atoms with van der Waals surface area (Å²) in [4.78, 5) is 17.1. The molecule has 0 radical (unpaired) electrons. The summed E-state index contributed by atoms with van der Waals surface area (Å²) >= 11 is 8.34. The van der Waals surface area contributed by atoms with Crippen LogP contribution in [0.25, 0.3) is 33.3 Å². The predicted octanol–water partition coefficient (Wildman–Crippen LogP) is 4.60. The Labute approximate surface area is 149 Å². The number of hydrogen-bond donors (Lipinski definition) is 0. The molecule has 0 amide bonds. The van der Waals surface area contributed by atoms with E-state index in [1.807, 2.05) is 64.5 Å². The molecule has 114 valence electrons. The van der Waals surface area contributed by atoms with Crippen LogP contribution in [-0.2, 0) is 7.05 Å². The summed E-state index contributed by atoms with van der Waals surface area (Å²) in [5.41, 5.74) is 2.58. The first-order valence-corrected chi connectivity index (χ1v) is 8.35. The zero-order valence-electron chi connectivity index (χ0n) is 12.0. The summed E-state index contributed by atoms with van der Waals surface area (Å²) in [6.07, 6.45) is 1.66. The van der Waals surface area contributed by atoms with Crippen molar-refractivity contribution in [3.05, 3.63) is 61.5 Å². The van der Waals surface area contributed by atoms with Crippen molar-refractivity contribution < 1.29 is 4.42 Å². The second-order valence-electron chi connectivity index (χ2n) is 5.23. The minimum absolute atomic E-state index is 0.0971. The quantitative estimate of drug-likeness (QED) is 0.410. The van der Waals surface area contributed by atoms with Crippen LogP contribution >= 0.6 is 34.2 Å². The molecule has 2 heterocycles. The number of benzene rings is 2. The van der Waals surface area contributed by atoms with Crippen LogP contribution in [0.4, 0.5) is 0 Å². The van der Waals surface area contributed by atoms with Crippen LogP contribution in [0.3, 0.4) is 0 Å². The third-order valence-corrected chi connectivity index (χ3v) is 5.05. The normalized spacial score (nSPS) is 11.4. The number of hydrogen-bond acceptors (Lipinski definition) is 3. The van der Waals surface area contributed by atoms with Gasteiger partial charge in [0, 0.05) is 12.6 Å². The van der Waals surface area contributed by atoms with Crippen LogP contribution < -0.4 is 5.43 Å². The summed E-state index contributed by atoms with van der Waals surface area (Å²) < 4.78 is 8.45. The highest BCUT2D eigenvalue weighted by atomic mass is 127. The minimum Gasteiger partial charge on any atom is -0.452 e. The lowest BCUT2D eigenvalue weighted by Crippen LogP contribution is -2.08. The lowest BCUT2D eigenvalue weighted by atomic mass is 10.1. The highest BCUT2D eigenvalue weighted by Crippen LogP contribution is 2.33. The van der Waals surface area contributed by atoms with Gasteiger partial charge in [-0.1, -0.05) is 41.9 Å². The first-order valence-electron chi connectivity index (χ1n) is 6.89. The second-order valence-corrected chi connectivity index (χ2v) is 6.71. The molecule has 0 saturated carbocycles. The van der Waals surface area contributed by atoms with Gasteiger partial charge in [-0.15, -0.1) is 0 Å². The maximum absolute atomic E-state index is 12.8. The smallest absolute Gasteiger partial charge is 0.206 e. The summed E-state index contributed by atoms with van der Waals surface area (Å²) in [6.45, 7) is 0. The van der Waals surface area contributed by atoms with Crippen LogP contribution in [0.5, 0.6) is 0 Å². The van der Waals surface area contributed by atoms with E-state index in [-0.39, 0.29) is 5.43 Å². The van der Waals surface area contributed by atoms with Gasteiger partial charge in [0.2, 0.25) is 5.43 Å². The topological polar surface area (TPSA) is 48.0 Å². The Balaban J connectivity index is 2.20. The van der Waals surface area contributed by atoms with Gasteiger partial charge in [-0.05, 0) is 28.7 Å². The van der Waals surface area contributed by atoms with E-state index in [1.54, 1.807) is 12.4 Å².